The van der Waals surface area contributed by atoms with Crippen molar-refractivity contribution in [2.45, 2.75) is 0 Å². The highest BCUT2D eigenvalue weighted by Gasteiger charge is 2.02. The summed E-state index contributed by atoms with van der Waals surface area (Å²) < 4.78 is 0.919. The average molecular weight is 272 g/mol. The van der Waals surface area contributed by atoms with Crippen molar-refractivity contribution < 1.29 is 0 Å². The van der Waals surface area contributed by atoms with Gasteiger partial charge in [-0.25, -0.2) is 0 Å². The Morgan fingerprint density at radius 1 is 1.36 bits per heavy atom. The van der Waals surface area contributed by atoms with Crippen LogP contribution in [0.5, 0.6) is 0 Å². The third kappa shape index (κ3) is 1.70. The minimum Gasteiger partial charge on any atom is -0.387 e. The SMILES string of the molecule is CNc1cnc2c(Br)cc(Cl)cc2c1. The predicted octanol–water partition coefficient (Wildman–Crippen LogP) is 3.69. The number of pyridine rings is 1. The average Bonchev–Trinajstić information content (AvgIpc) is 2.16. The Kier molecular flexibility index (Phi) is 2.61. The van der Waals surface area contributed by atoms with Crippen LogP contribution in [0.3, 0.4) is 0 Å². The maximum atomic E-state index is 5.94. The van der Waals surface area contributed by atoms with Crippen molar-refractivity contribution in [1.82, 2.24) is 4.98 Å². The second-order valence-corrected chi connectivity index (χ2v) is 4.22. The van der Waals surface area contributed by atoms with Crippen molar-refractivity contribution in [1.29, 1.82) is 0 Å². The van der Waals surface area contributed by atoms with E-state index < -0.39 is 0 Å². The highest BCUT2D eigenvalue weighted by molar-refractivity contribution is 9.10. The summed E-state index contributed by atoms with van der Waals surface area (Å²) in [5.74, 6) is 0. The van der Waals surface area contributed by atoms with Gasteiger partial charge in [-0.05, 0) is 34.1 Å². The van der Waals surface area contributed by atoms with E-state index in [2.05, 4.69) is 26.2 Å². The lowest BCUT2D eigenvalue weighted by molar-refractivity contribution is 1.37. The van der Waals surface area contributed by atoms with Crippen LogP contribution in [0.4, 0.5) is 5.69 Å². The molecule has 1 N–H and O–H groups in total. The summed E-state index contributed by atoms with van der Waals surface area (Å²) in [7, 11) is 1.86. The molecular weight excluding hydrogens is 263 g/mol. The first-order chi connectivity index (χ1) is 6.70. The summed E-state index contributed by atoms with van der Waals surface area (Å²) in [5.41, 5.74) is 1.90. The number of aromatic nitrogens is 1. The van der Waals surface area contributed by atoms with E-state index >= 15 is 0 Å². The first kappa shape index (κ1) is 9.74. The third-order valence-electron chi connectivity index (χ3n) is 1.99. The van der Waals surface area contributed by atoms with Gasteiger partial charge >= 0.3 is 0 Å². The van der Waals surface area contributed by atoms with Gasteiger partial charge in [0.1, 0.15) is 0 Å². The molecule has 0 unspecified atom stereocenters. The molecule has 0 bridgehead atoms. The molecule has 0 saturated carbocycles. The first-order valence-corrected chi connectivity index (χ1v) is 5.30. The van der Waals surface area contributed by atoms with E-state index in [4.69, 9.17) is 11.6 Å². The molecule has 0 atom stereocenters. The van der Waals surface area contributed by atoms with Gasteiger partial charge in [-0.2, -0.15) is 0 Å². The number of benzene rings is 1. The molecule has 0 aliphatic heterocycles. The van der Waals surface area contributed by atoms with Crippen molar-refractivity contribution in [2.24, 2.45) is 0 Å². The molecule has 0 spiro atoms. The smallest absolute Gasteiger partial charge is 0.0846 e. The molecule has 1 aromatic carbocycles. The van der Waals surface area contributed by atoms with E-state index in [9.17, 15) is 0 Å². The van der Waals surface area contributed by atoms with Crippen molar-refractivity contribution >= 4 is 44.1 Å². The van der Waals surface area contributed by atoms with Gasteiger partial charge in [-0.3, -0.25) is 4.98 Å². The van der Waals surface area contributed by atoms with Gasteiger partial charge in [0.2, 0.25) is 0 Å². The second kappa shape index (κ2) is 3.75. The fourth-order valence-electron chi connectivity index (χ4n) is 1.31. The van der Waals surface area contributed by atoms with E-state index in [0.717, 1.165) is 21.1 Å². The van der Waals surface area contributed by atoms with Crippen LogP contribution < -0.4 is 5.32 Å². The van der Waals surface area contributed by atoms with E-state index in [0.29, 0.717) is 5.02 Å². The van der Waals surface area contributed by atoms with Gasteiger partial charge < -0.3 is 5.32 Å². The minimum absolute atomic E-state index is 0.708. The molecule has 2 aromatic rings. The van der Waals surface area contributed by atoms with Gasteiger partial charge in [-0.15, -0.1) is 0 Å². The van der Waals surface area contributed by atoms with Crippen molar-refractivity contribution in [3.05, 3.63) is 33.9 Å². The number of halogens is 2. The summed E-state index contributed by atoms with van der Waals surface area (Å²) in [6.07, 6.45) is 1.79. The Labute approximate surface area is 95.4 Å². The van der Waals surface area contributed by atoms with Crippen molar-refractivity contribution in [3.8, 4) is 0 Å². The largest absolute Gasteiger partial charge is 0.387 e. The standard InChI is InChI=1S/C10H8BrClN2/c1-13-8-3-6-2-7(12)4-9(11)10(6)14-5-8/h2-5,13H,1H3. The van der Waals surface area contributed by atoms with Crippen LogP contribution in [-0.2, 0) is 0 Å². The fourth-order valence-corrected chi connectivity index (χ4v) is 2.24. The van der Waals surface area contributed by atoms with Crippen LogP contribution in [-0.4, -0.2) is 12.0 Å². The van der Waals surface area contributed by atoms with Gasteiger partial charge in [0.05, 0.1) is 17.4 Å². The Morgan fingerprint density at radius 3 is 2.86 bits per heavy atom. The molecule has 0 aliphatic rings. The number of nitrogens with zero attached hydrogens (tertiary/aromatic N) is 1. The van der Waals surface area contributed by atoms with E-state index in [1.165, 1.54) is 0 Å². The molecule has 0 radical (unpaired) electrons. The lowest BCUT2D eigenvalue weighted by atomic mass is 10.2. The molecule has 2 rings (SSSR count). The van der Waals surface area contributed by atoms with Crippen LogP contribution in [0.1, 0.15) is 0 Å². The fraction of sp³-hybridized carbons (Fsp3) is 0.100. The molecule has 72 valence electrons. The van der Waals surface area contributed by atoms with Crippen molar-refractivity contribution in [2.75, 3.05) is 12.4 Å². The monoisotopic (exact) mass is 270 g/mol. The number of fused-ring (bicyclic) bond motifs is 1. The van der Waals surface area contributed by atoms with Crippen LogP contribution in [0, 0.1) is 0 Å². The molecule has 1 aromatic heterocycles. The Bertz CT molecular complexity index is 485. The molecule has 1 heterocycles. The summed E-state index contributed by atoms with van der Waals surface area (Å²) in [4.78, 5) is 4.32. The number of rotatable bonds is 1. The molecule has 2 nitrogen and oxygen atoms in total. The molecule has 0 saturated heterocycles. The molecule has 0 amide bonds. The molecular formula is C10H8BrClN2. The lowest BCUT2D eigenvalue weighted by Crippen LogP contribution is -1.89. The normalized spacial score (nSPS) is 10.5. The number of nitrogens with one attached hydrogen (secondary N) is 1. The Hall–Kier alpha value is -0.800. The van der Waals surface area contributed by atoms with Crippen LogP contribution in [0.15, 0.2) is 28.9 Å². The van der Waals surface area contributed by atoms with E-state index in [1.54, 1.807) is 6.20 Å². The minimum atomic E-state index is 0.708. The van der Waals surface area contributed by atoms with Crippen LogP contribution in [0.25, 0.3) is 10.9 Å². The third-order valence-corrected chi connectivity index (χ3v) is 2.81. The van der Waals surface area contributed by atoms with Gasteiger partial charge in [0.15, 0.2) is 0 Å². The summed E-state index contributed by atoms with van der Waals surface area (Å²) >= 11 is 9.37. The van der Waals surface area contributed by atoms with Gasteiger partial charge in [-0.1, -0.05) is 11.6 Å². The Morgan fingerprint density at radius 2 is 2.14 bits per heavy atom. The molecule has 0 fully saturated rings. The molecule has 14 heavy (non-hydrogen) atoms. The van der Waals surface area contributed by atoms with E-state index in [1.807, 2.05) is 25.2 Å². The second-order valence-electron chi connectivity index (χ2n) is 2.93. The zero-order chi connectivity index (χ0) is 10.1. The Balaban J connectivity index is 2.75. The quantitative estimate of drug-likeness (QED) is 0.855. The zero-order valence-corrected chi connectivity index (χ0v) is 9.85. The lowest BCUT2D eigenvalue weighted by Gasteiger charge is -2.04. The molecule has 4 heteroatoms. The highest BCUT2D eigenvalue weighted by Crippen LogP contribution is 2.27. The summed E-state index contributed by atoms with van der Waals surface area (Å²) in [5, 5.41) is 4.77. The summed E-state index contributed by atoms with van der Waals surface area (Å²) in [6, 6.07) is 5.75. The van der Waals surface area contributed by atoms with Gasteiger partial charge in [0, 0.05) is 21.9 Å². The number of hydrogen-bond donors (Lipinski definition) is 1. The van der Waals surface area contributed by atoms with E-state index in [-0.39, 0.29) is 0 Å². The summed E-state index contributed by atoms with van der Waals surface area (Å²) in [6.45, 7) is 0. The topological polar surface area (TPSA) is 24.9 Å². The first-order valence-electron chi connectivity index (χ1n) is 4.13. The zero-order valence-electron chi connectivity index (χ0n) is 7.51. The highest BCUT2D eigenvalue weighted by atomic mass is 79.9. The molecule has 0 aliphatic carbocycles. The van der Waals surface area contributed by atoms with Gasteiger partial charge in [0.25, 0.3) is 0 Å². The number of anilines is 1. The number of hydrogen-bond acceptors (Lipinski definition) is 2. The van der Waals surface area contributed by atoms with Crippen LogP contribution in [0.2, 0.25) is 5.02 Å². The predicted molar refractivity (Wildman–Crippen MR) is 64.0 cm³/mol. The van der Waals surface area contributed by atoms with Crippen molar-refractivity contribution in [3.63, 3.8) is 0 Å². The maximum absolute atomic E-state index is 5.94. The van der Waals surface area contributed by atoms with Crippen LogP contribution >= 0.6 is 27.5 Å². The maximum Gasteiger partial charge on any atom is 0.0846 e.